The van der Waals surface area contributed by atoms with Crippen LogP contribution in [0.25, 0.3) is 0 Å². The highest BCUT2D eigenvalue weighted by atomic mass is 35.7. The molecule has 0 fully saturated rings. The molecule has 6 heteroatoms. The molecule has 0 amide bonds. The third-order valence-corrected chi connectivity index (χ3v) is 10.9. The zero-order valence-electron chi connectivity index (χ0n) is 37.5. The van der Waals surface area contributed by atoms with Crippen LogP contribution in [0.1, 0.15) is 232 Å². The highest BCUT2D eigenvalue weighted by molar-refractivity contribution is 8.05. The van der Waals surface area contributed by atoms with E-state index in [0.717, 1.165) is 56.4 Å². The maximum atomic E-state index is 10.6. The molecule has 0 aliphatic rings. The zero-order chi connectivity index (χ0) is 40.6. The van der Waals surface area contributed by atoms with Gasteiger partial charge in [-0.3, -0.25) is 0 Å². The molecule has 0 saturated carbocycles. The summed E-state index contributed by atoms with van der Waals surface area (Å²) in [5, 5.41) is 0. The molecule has 0 aromatic heterocycles. The lowest BCUT2D eigenvalue weighted by Gasteiger charge is -2.33. The van der Waals surface area contributed by atoms with Crippen LogP contribution in [0.3, 0.4) is 0 Å². The van der Waals surface area contributed by atoms with Gasteiger partial charge in [0.1, 0.15) is 18.9 Å². The summed E-state index contributed by atoms with van der Waals surface area (Å²) in [6.45, 7) is 9.23. The minimum atomic E-state index is 0.176. The lowest BCUT2D eigenvalue weighted by Crippen LogP contribution is -2.48. The normalized spacial score (nSPS) is 12.5. The summed E-state index contributed by atoms with van der Waals surface area (Å²) >= 11 is 3.00. The highest BCUT2D eigenvalue weighted by Crippen LogP contribution is 2.14. The molecule has 0 aromatic carbocycles. The van der Waals surface area contributed by atoms with E-state index in [2.05, 4.69) is 74.8 Å². The molecule has 0 aliphatic carbocycles. The predicted molar refractivity (Wildman–Crippen MR) is 250 cm³/mol. The van der Waals surface area contributed by atoms with Crippen molar-refractivity contribution in [1.82, 2.24) is 0 Å². The fourth-order valence-corrected chi connectivity index (χ4v) is 7.36. The Bertz CT molecular complexity index is 777. The molecule has 0 N–H and O–H groups in total. The van der Waals surface area contributed by atoms with E-state index in [0.29, 0.717) is 0 Å². The van der Waals surface area contributed by atoms with Crippen LogP contribution in [0.2, 0.25) is 0 Å². The molecule has 0 rings (SSSR count). The van der Waals surface area contributed by atoms with Crippen LogP contribution in [0, 0.1) is 0 Å². The average Bonchev–Trinajstić information content (AvgIpc) is 3.18. The maximum Gasteiger partial charge on any atom is 0.130 e. The van der Waals surface area contributed by atoms with Crippen molar-refractivity contribution >= 4 is 28.8 Å². The Morgan fingerprint density at radius 3 is 1.24 bits per heavy atom. The van der Waals surface area contributed by atoms with E-state index in [1.54, 1.807) is 0 Å². The molecule has 0 spiro atoms. The van der Waals surface area contributed by atoms with Gasteiger partial charge in [0.05, 0.1) is 27.2 Å². The minimum Gasteiger partial charge on any atom is -0.379 e. The third-order valence-electron chi connectivity index (χ3n) is 10.9. The van der Waals surface area contributed by atoms with Gasteiger partial charge in [-0.05, 0) is 94.2 Å². The van der Waals surface area contributed by atoms with Gasteiger partial charge < -0.3 is 18.8 Å². The van der Waals surface area contributed by atoms with Gasteiger partial charge >= 0.3 is 0 Å². The van der Waals surface area contributed by atoms with Crippen molar-refractivity contribution in [3.05, 3.63) is 24.3 Å². The Morgan fingerprint density at radius 1 is 0.473 bits per heavy atom. The Hall–Kier alpha value is -0.330. The molecule has 0 radical (unpaired) electrons. The molecule has 4 nitrogen and oxygen atoms in total. The number of carbonyl (C=O) groups excluding carboxylic acids is 1. The van der Waals surface area contributed by atoms with Crippen LogP contribution >= 0.6 is 22.5 Å². The SMILES string of the molecule is CCCCCCCC/C=C\CCCCCCCCOCC(C[N+](C)(C)CCCCCCCC=O)OCCCCCCCC/C=C\CCCCCCCC.SCl. The molecule has 328 valence electrons. The van der Waals surface area contributed by atoms with Crippen molar-refractivity contribution in [2.75, 3.05) is 47.0 Å². The number of aldehydes is 1. The fourth-order valence-electron chi connectivity index (χ4n) is 7.36. The lowest BCUT2D eigenvalue weighted by atomic mass is 10.1. The summed E-state index contributed by atoms with van der Waals surface area (Å²) in [5.41, 5.74) is 0. The van der Waals surface area contributed by atoms with E-state index in [4.69, 9.17) is 9.47 Å². The first-order valence-corrected chi connectivity index (χ1v) is 25.3. The molecule has 0 saturated heterocycles. The summed E-state index contributed by atoms with van der Waals surface area (Å²) in [7, 11) is 9.05. The Kier molecular flexibility index (Phi) is 51.4. The van der Waals surface area contributed by atoms with Crippen molar-refractivity contribution in [2.24, 2.45) is 0 Å². The molecule has 55 heavy (non-hydrogen) atoms. The fraction of sp³-hybridized carbons (Fsp3) is 0.898. The maximum absolute atomic E-state index is 10.6. The number of quaternary nitrogens is 1. The van der Waals surface area contributed by atoms with Gasteiger partial charge in [-0.1, -0.05) is 178 Å². The van der Waals surface area contributed by atoms with Crippen molar-refractivity contribution < 1.29 is 18.8 Å². The zero-order valence-corrected chi connectivity index (χ0v) is 39.2. The molecule has 0 heterocycles. The summed E-state index contributed by atoms with van der Waals surface area (Å²) in [5.74, 6) is 0. The number of unbranched alkanes of at least 4 members (excludes halogenated alkanes) is 29. The van der Waals surface area contributed by atoms with Crippen LogP contribution in [0.15, 0.2) is 24.3 Å². The van der Waals surface area contributed by atoms with Gasteiger partial charge in [-0.2, -0.15) is 0 Å². The largest absolute Gasteiger partial charge is 0.379 e. The van der Waals surface area contributed by atoms with Crippen molar-refractivity contribution in [3.63, 3.8) is 0 Å². The van der Waals surface area contributed by atoms with E-state index in [1.807, 2.05) is 0 Å². The minimum absolute atomic E-state index is 0.176. The van der Waals surface area contributed by atoms with E-state index in [9.17, 15) is 4.79 Å². The molecule has 1 unspecified atom stereocenters. The second-order valence-corrected chi connectivity index (χ2v) is 17.0. The van der Waals surface area contributed by atoms with E-state index < -0.39 is 0 Å². The van der Waals surface area contributed by atoms with Crippen LogP contribution in [0.4, 0.5) is 0 Å². The number of hydrogen-bond donors (Lipinski definition) is 1. The lowest BCUT2D eigenvalue weighted by molar-refractivity contribution is -0.893. The van der Waals surface area contributed by atoms with Crippen molar-refractivity contribution in [3.8, 4) is 0 Å². The van der Waals surface area contributed by atoms with E-state index in [-0.39, 0.29) is 6.10 Å². The smallest absolute Gasteiger partial charge is 0.130 e. The van der Waals surface area contributed by atoms with Crippen molar-refractivity contribution in [1.29, 1.82) is 0 Å². The summed E-state index contributed by atoms with van der Waals surface area (Å²) in [6, 6.07) is 0. The molecule has 0 aliphatic heterocycles. The molecule has 0 aromatic rings. The number of nitrogens with zero attached hydrogens (tertiary/aromatic N) is 1. The Labute approximate surface area is 355 Å². The summed E-state index contributed by atoms with van der Waals surface area (Å²) in [4.78, 5) is 10.6. The van der Waals surface area contributed by atoms with Crippen LogP contribution in [-0.2, 0) is 14.3 Å². The van der Waals surface area contributed by atoms with Crippen LogP contribution in [0.5, 0.6) is 0 Å². The molecular weight excluding hydrogens is 718 g/mol. The first-order valence-electron chi connectivity index (χ1n) is 24.0. The van der Waals surface area contributed by atoms with E-state index >= 15 is 0 Å². The summed E-state index contributed by atoms with van der Waals surface area (Å²) in [6.07, 6.45) is 55.1. The molecule has 1 atom stereocenters. The van der Waals surface area contributed by atoms with Gasteiger partial charge in [0, 0.05) is 19.6 Å². The number of likely N-dealkylation sites (N-methyl/N-ethyl adjacent to an activating group) is 1. The first kappa shape index (κ1) is 56.8. The predicted octanol–water partition coefficient (Wildman–Crippen LogP) is 16.1. The van der Waals surface area contributed by atoms with Gasteiger partial charge in [-0.15, -0.1) is 0 Å². The Morgan fingerprint density at radius 2 is 0.818 bits per heavy atom. The van der Waals surface area contributed by atoms with Crippen LogP contribution < -0.4 is 0 Å². The number of hydrogen-bond acceptors (Lipinski definition) is 4. The van der Waals surface area contributed by atoms with Crippen molar-refractivity contribution in [2.45, 2.75) is 238 Å². The Balaban J connectivity index is 0. The third kappa shape index (κ3) is 49.7. The highest BCUT2D eigenvalue weighted by Gasteiger charge is 2.23. The number of allylic oxidation sites excluding steroid dienone is 4. The molecular formula is C49H97ClNO3S+. The number of thiol groups is 1. The monoisotopic (exact) mass is 815 g/mol. The number of carbonyl (C=O) groups is 1. The average molecular weight is 816 g/mol. The van der Waals surface area contributed by atoms with Gasteiger partial charge in [-0.25, -0.2) is 0 Å². The summed E-state index contributed by atoms with van der Waals surface area (Å²) < 4.78 is 13.8. The van der Waals surface area contributed by atoms with Gasteiger partial charge in [0.15, 0.2) is 0 Å². The topological polar surface area (TPSA) is 35.5 Å². The molecule has 0 bridgehead atoms. The van der Waals surface area contributed by atoms with Crippen LogP contribution in [-0.4, -0.2) is 63.9 Å². The standard InChI is InChI=1S/C49H96NO3.ClHS/c1-5-7-9-11-13-15-17-19-21-23-25-27-29-33-37-41-45-52-48-49(47-50(3,4)43-39-35-31-32-36-40-44-51)53-46-42-38-34-30-28-26-24-22-20-18-16-14-12-10-8-6-2;1-2/h19-22,44,49H,5-18,23-43,45-48H2,1-4H3;2H/q+1;/b21-19-,22-20-;. The van der Waals surface area contributed by atoms with Gasteiger partial charge in [0.25, 0.3) is 0 Å². The second-order valence-electron chi connectivity index (χ2n) is 17.0. The second kappa shape index (κ2) is 49.8. The van der Waals surface area contributed by atoms with E-state index in [1.165, 1.54) is 206 Å². The number of halogens is 1. The quantitative estimate of drug-likeness (QED) is 0.0219. The number of rotatable bonds is 45. The van der Waals surface area contributed by atoms with Gasteiger partial charge in [0.2, 0.25) is 0 Å². The number of ether oxygens (including phenoxy) is 2. The first-order chi connectivity index (χ1) is 27.1.